The number of nitrogens with zero attached hydrogens (tertiary/aromatic N) is 4. The second-order valence-electron chi connectivity index (χ2n) is 3.03. The fraction of sp³-hybridized carbons (Fsp3) is 0.200. The zero-order valence-corrected chi connectivity index (χ0v) is 9.33. The van der Waals surface area contributed by atoms with E-state index in [9.17, 15) is 4.79 Å². The number of anilines is 3. The van der Waals surface area contributed by atoms with Gasteiger partial charge in [-0.15, -0.1) is 13.2 Å². The lowest BCUT2D eigenvalue weighted by Crippen LogP contribution is -2.24. The van der Waals surface area contributed by atoms with Crippen LogP contribution in [0.5, 0.6) is 0 Å². The van der Waals surface area contributed by atoms with Crippen LogP contribution in [0.2, 0.25) is 0 Å². The van der Waals surface area contributed by atoms with Gasteiger partial charge in [-0.3, -0.25) is 9.69 Å². The van der Waals surface area contributed by atoms with E-state index in [1.165, 1.54) is 4.90 Å². The lowest BCUT2D eigenvalue weighted by molar-refractivity contribution is -0.107. The third-order valence-corrected chi connectivity index (χ3v) is 1.76. The minimum atomic E-state index is 0.0393. The molecule has 90 valence electrons. The van der Waals surface area contributed by atoms with Gasteiger partial charge in [0, 0.05) is 13.1 Å². The number of aromatic nitrogens is 3. The van der Waals surface area contributed by atoms with Crippen molar-refractivity contribution in [3.63, 3.8) is 0 Å². The molecule has 0 radical (unpaired) electrons. The Bertz CT molecular complexity index is 419. The van der Waals surface area contributed by atoms with Crippen molar-refractivity contribution >= 4 is 24.3 Å². The molecule has 0 aliphatic rings. The standard InChI is InChI=1S/C10H14N6O/c1-3-5-12-9-13-8(11)14-10(15-9)16(7-17)6-4-2/h3-4,7H,1-2,5-6H2,(H3,11,12,13,14,15). The monoisotopic (exact) mass is 234 g/mol. The molecule has 0 unspecified atom stereocenters. The van der Waals surface area contributed by atoms with E-state index >= 15 is 0 Å². The summed E-state index contributed by atoms with van der Waals surface area (Å²) in [6, 6.07) is 0. The van der Waals surface area contributed by atoms with Crippen molar-refractivity contribution in [2.45, 2.75) is 0 Å². The number of nitrogens with two attached hydrogens (primary N) is 1. The molecule has 0 atom stereocenters. The summed E-state index contributed by atoms with van der Waals surface area (Å²) in [6.45, 7) is 7.88. The van der Waals surface area contributed by atoms with Crippen molar-refractivity contribution in [1.29, 1.82) is 0 Å². The molecule has 3 N–H and O–H groups in total. The molecule has 1 rings (SSSR count). The zero-order chi connectivity index (χ0) is 12.7. The van der Waals surface area contributed by atoms with Crippen LogP contribution in [-0.4, -0.2) is 34.5 Å². The first-order valence-corrected chi connectivity index (χ1v) is 4.90. The number of hydrogen-bond acceptors (Lipinski definition) is 6. The van der Waals surface area contributed by atoms with Crippen LogP contribution in [0.1, 0.15) is 0 Å². The minimum Gasteiger partial charge on any atom is -0.368 e. The first kappa shape index (κ1) is 12.6. The predicted molar refractivity (Wildman–Crippen MR) is 66.5 cm³/mol. The van der Waals surface area contributed by atoms with Crippen LogP contribution >= 0.6 is 0 Å². The van der Waals surface area contributed by atoms with Gasteiger partial charge in [-0.05, 0) is 0 Å². The molecule has 0 aliphatic carbocycles. The average Bonchev–Trinajstić information content (AvgIpc) is 2.32. The number of hydrogen-bond donors (Lipinski definition) is 2. The molecule has 0 saturated carbocycles. The fourth-order valence-corrected chi connectivity index (χ4v) is 1.06. The number of carbonyl (C=O) groups is 1. The molecular weight excluding hydrogens is 220 g/mol. The molecule has 0 saturated heterocycles. The van der Waals surface area contributed by atoms with Crippen molar-refractivity contribution in [1.82, 2.24) is 15.0 Å². The van der Waals surface area contributed by atoms with Gasteiger partial charge in [-0.2, -0.15) is 15.0 Å². The van der Waals surface area contributed by atoms with Gasteiger partial charge in [-0.1, -0.05) is 12.2 Å². The average molecular weight is 234 g/mol. The van der Waals surface area contributed by atoms with Crippen molar-refractivity contribution in [3.8, 4) is 0 Å². The van der Waals surface area contributed by atoms with E-state index in [-0.39, 0.29) is 11.9 Å². The molecule has 0 bridgehead atoms. The van der Waals surface area contributed by atoms with Crippen molar-refractivity contribution in [3.05, 3.63) is 25.3 Å². The first-order chi connectivity index (χ1) is 8.21. The smallest absolute Gasteiger partial charge is 0.238 e. The number of carbonyl (C=O) groups excluding carboxylic acids is 1. The van der Waals surface area contributed by atoms with Gasteiger partial charge in [0.25, 0.3) is 0 Å². The van der Waals surface area contributed by atoms with Crippen LogP contribution in [0.25, 0.3) is 0 Å². The Kier molecular flexibility index (Phi) is 4.61. The Labute approximate surface area is 99.1 Å². The summed E-state index contributed by atoms with van der Waals surface area (Å²) in [5, 5.41) is 2.87. The molecule has 1 aromatic heterocycles. The molecule has 1 heterocycles. The summed E-state index contributed by atoms with van der Waals surface area (Å²) in [5.74, 6) is 0.514. The topological polar surface area (TPSA) is 97.0 Å². The summed E-state index contributed by atoms with van der Waals surface area (Å²) < 4.78 is 0. The third-order valence-electron chi connectivity index (χ3n) is 1.76. The van der Waals surface area contributed by atoms with Crippen LogP contribution in [0.4, 0.5) is 17.8 Å². The second-order valence-corrected chi connectivity index (χ2v) is 3.03. The molecule has 0 fully saturated rings. The summed E-state index contributed by atoms with van der Waals surface area (Å²) in [4.78, 5) is 23.9. The molecule has 17 heavy (non-hydrogen) atoms. The molecule has 7 heteroatoms. The molecule has 1 amide bonds. The van der Waals surface area contributed by atoms with E-state index in [1.807, 2.05) is 0 Å². The Morgan fingerprint density at radius 1 is 1.29 bits per heavy atom. The van der Waals surface area contributed by atoms with E-state index in [0.717, 1.165) is 0 Å². The number of nitrogen functional groups attached to an aromatic ring is 1. The maximum Gasteiger partial charge on any atom is 0.238 e. The Morgan fingerprint density at radius 2 is 2.06 bits per heavy atom. The van der Waals surface area contributed by atoms with Gasteiger partial charge in [0.2, 0.25) is 24.3 Å². The maximum atomic E-state index is 10.8. The molecule has 0 spiro atoms. The highest BCUT2D eigenvalue weighted by Gasteiger charge is 2.10. The van der Waals surface area contributed by atoms with E-state index in [4.69, 9.17) is 5.73 Å². The zero-order valence-electron chi connectivity index (χ0n) is 9.33. The van der Waals surface area contributed by atoms with Gasteiger partial charge in [0.15, 0.2) is 0 Å². The highest BCUT2D eigenvalue weighted by atomic mass is 16.1. The van der Waals surface area contributed by atoms with Crippen LogP contribution in [-0.2, 0) is 4.79 Å². The lowest BCUT2D eigenvalue weighted by atomic mass is 10.5. The quantitative estimate of drug-likeness (QED) is 0.516. The summed E-state index contributed by atoms with van der Waals surface area (Å²) >= 11 is 0. The lowest BCUT2D eigenvalue weighted by Gasteiger charge is -2.13. The fourth-order valence-electron chi connectivity index (χ4n) is 1.06. The molecule has 0 aromatic carbocycles. The second kappa shape index (κ2) is 6.21. The molecular formula is C10H14N6O. The maximum absolute atomic E-state index is 10.8. The van der Waals surface area contributed by atoms with Crippen LogP contribution in [0.3, 0.4) is 0 Å². The normalized spacial score (nSPS) is 9.41. The van der Waals surface area contributed by atoms with Gasteiger partial charge < -0.3 is 11.1 Å². The van der Waals surface area contributed by atoms with E-state index < -0.39 is 0 Å². The number of amides is 1. The number of nitrogens with one attached hydrogen (secondary N) is 1. The summed E-state index contributed by atoms with van der Waals surface area (Å²) in [6.07, 6.45) is 3.82. The van der Waals surface area contributed by atoms with Gasteiger partial charge >= 0.3 is 0 Å². The molecule has 0 aliphatic heterocycles. The van der Waals surface area contributed by atoms with Crippen LogP contribution < -0.4 is 16.0 Å². The van der Waals surface area contributed by atoms with Crippen LogP contribution in [0, 0.1) is 0 Å². The number of rotatable bonds is 7. The van der Waals surface area contributed by atoms with Gasteiger partial charge in [-0.25, -0.2) is 0 Å². The molecule has 1 aromatic rings. The highest BCUT2D eigenvalue weighted by Crippen LogP contribution is 2.10. The SMILES string of the molecule is C=CCNc1nc(N)nc(N(C=O)CC=C)n1. The van der Waals surface area contributed by atoms with Crippen molar-refractivity contribution < 1.29 is 4.79 Å². The highest BCUT2D eigenvalue weighted by molar-refractivity contribution is 5.72. The summed E-state index contributed by atoms with van der Waals surface area (Å²) in [7, 11) is 0. The van der Waals surface area contributed by atoms with Crippen molar-refractivity contribution in [2.24, 2.45) is 0 Å². The van der Waals surface area contributed by atoms with Gasteiger partial charge in [0.1, 0.15) is 0 Å². The Morgan fingerprint density at radius 3 is 2.65 bits per heavy atom. The van der Waals surface area contributed by atoms with E-state index in [0.29, 0.717) is 25.4 Å². The van der Waals surface area contributed by atoms with Crippen molar-refractivity contribution in [2.75, 3.05) is 29.0 Å². The Hall–Kier alpha value is -2.44. The van der Waals surface area contributed by atoms with Gasteiger partial charge in [0.05, 0.1) is 0 Å². The minimum absolute atomic E-state index is 0.0393. The first-order valence-electron chi connectivity index (χ1n) is 4.90. The Balaban J connectivity index is 2.97. The van der Waals surface area contributed by atoms with E-state index in [1.54, 1.807) is 12.2 Å². The third kappa shape index (κ3) is 3.56. The molecule has 7 nitrogen and oxygen atoms in total. The van der Waals surface area contributed by atoms with E-state index in [2.05, 4.69) is 33.4 Å². The van der Waals surface area contributed by atoms with Crippen LogP contribution in [0.15, 0.2) is 25.3 Å². The summed E-state index contributed by atoms with van der Waals surface area (Å²) in [5.41, 5.74) is 5.52. The largest absolute Gasteiger partial charge is 0.368 e. The predicted octanol–water partition coefficient (Wildman–Crippen LogP) is 0.200.